The Bertz CT molecular complexity index is 842. The SMILES string of the molecule is C=C1C(=O)[C@@]23C4CC[C@@H]1[C@H]2OC(C)(C)O[C@]31OC[C@]42C=CCC(C)(C)C2[C@@H]1O. The van der Waals surface area contributed by atoms with Gasteiger partial charge in [-0.2, -0.15) is 0 Å². The molecule has 0 amide bonds. The van der Waals surface area contributed by atoms with E-state index < -0.39 is 23.1 Å². The van der Waals surface area contributed by atoms with Gasteiger partial charge in [0.15, 0.2) is 11.6 Å². The van der Waals surface area contributed by atoms with Crippen molar-refractivity contribution < 1.29 is 24.1 Å². The lowest BCUT2D eigenvalue weighted by molar-refractivity contribution is -0.523. The van der Waals surface area contributed by atoms with Crippen LogP contribution >= 0.6 is 0 Å². The number of allylic oxidation sites excluding steroid dienone is 1. The summed E-state index contributed by atoms with van der Waals surface area (Å²) in [6, 6.07) is 0. The summed E-state index contributed by atoms with van der Waals surface area (Å²) in [5.41, 5.74) is -0.859. The van der Waals surface area contributed by atoms with Crippen LogP contribution in [0.3, 0.4) is 0 Å². The van der Waals surface area contributed by atoms with Crippen LogP contribution in [0.5, 0.6) is 0 Å². The van der Waals surface area contributed by atoms with Crippen molar-refractivity contribution in [1.29, 1.82) is 0 Å². The first kappa shape index (κ1) is 17.8. The van der Waals surface area contributed by atoms with Crippen LogP contribution in [-0.4, -0.2) is 41.3 Å². The van der Waals surface area contributed by atoms with Gasteiger partial charge in [-0.15, -0.1) is 0 Å². The average Bonchev–Trinajstić information content (AvgIpc) is 2.71. The van der Waals surface area contributed by atoms with Gasteiger partial charge in [-0.3, -0.25) is 4.79 Å². The van der Waals surface area contributed by atoms with Crippen LogP contribution in [0.4, 0.5) is 0 Å². The standard InChI is InChI=1S/C23H30O5/c1-12-13-7-8-14-21-10-6-9-19(2,3)15(21)17(25)23(26-11-21)22(14,16(12)24)18(13)27-20(4,5)28-23/h6,10,13-15,17-18,25H,1,7-9,11H2,2-5H3/t13-,14?,15?,17-,18+,21+,22-,23-/m0/s1. The average molecular weight is 386 g/mol. The molecule has 3 saturated carbocycles. The molecular formula is C23H30O5. The van der Waals surface area contributed by atoms with E-state index in [1.54, 1.807) is 0 Å². The van der Waals surface area contributed by atoms with E-state index in [2.05, 4.69) is 32.6 Å². The van der Waals surface area contributed by atoms with E-state index >= 15 is 0 Å². The Morgan fingerprint density at radius 3 is 2.71 bits per heavy atom. The van der Waals surface area contributed by atoms with E-state index in [1.165, 1.54) is 0 Å². The highest BCUT2D eigenvalue weighted by Gasteiger charge is 2.88. The molecule has 5 heteroatoms. The van der Waals surface area contributed by atoms with Crippen molar-refractivity contribution in [2.75, 3.05) is 6.61 Å². The largest absolute Gasteiger partial charge is 0.387 e. The number of ketones is 1. The fraction of sp³-hybridized carbons (Fsp3) is 0.783. The Labute approximate surface area is 166 Å². The number of Topliss-reactive ketones (excluding diaryl/α,β-unsaturated/α-hetero) is 1. The Hall–Kier alpha value is -1.01. The Balaban J connectivity index is 1.69. The fourth-order valence-electron chi connectivity index (χ4n) is 8.39. The molecule has 0 radical (unpaired) electrons. The third-order valence-corrected chi connectivity index (χ3v) is 9.01. The molecular weight excluding hydrogens is 356 g/mol. The second kappa shape index (κ2) is 4.66. The quantitative estimate of drug-likeness (QED) is 0.512. The van der Waals surface area contributed by atoms with Gasteiger partial charge >= 0.3 is 0 Å². The molecule has 3 saturated heterocycles. The maximum atomic E-state index is 13.9. The number of hydrogen-bond donors (Lipinski definition) is 1. The van der Waals surface area contributed by atoms with Crippen LogP contribution in [0.1, 0.15) is 47.0 Å². The number of fused-ring (bicyclic) bond motifs is 1. The van der Waals surface area contributed by atoms with Crippen LogP contribution < -0.4 is 0 Å². The summed E-state index contributed by atoms with van der Waals surface area (Å²) < 4.78 is 19.4. The summed E-state index contributed by atoms with van der Waals surface area (Å²) in [6.45, 7) is 12.8. The van der Waals surface area contributed by atoms with Crippen molar-refractivity contribution in [2.24, 2.45) is 34.0 Å². The van der Waals surface area contributed by atoms with Crippen molar-refractivity contribution >= 4 is 5.78 Å². The first-order valence-corrected chi connectivity index (χ1v) is 10.6. The minimum atomic E-state index is -1.37. The second-order valence-electron chi connectivity index (χ2n) is 11.1. The van der Waals surface area contributed by atoms with Gasteiger partial charge in [0.05, 0.1) is 12.7 Å². The Morgan fingerprint density at radius 1 is 1.21 bits per heavy atom. The molecule has 0 aromatic heterocycles. The van der Waals surface area contributed by atoms with Crippen molar-refractivity contribution in [2.45, 2.75) is 70.7 Å². The van der Waals surface area contributed by atoms with E-state index in [0.29, 0.717) is 12.2 Å². The lowest BCUT2D eigenvalue weighted by atomic mass is 9.37. The zero-order valence-electron chi connectivity index (χ0n) is 17.2. The van der Waals surface area contributed by atoms with Crippen LogP contribution in [0.25, 0.3) is 0 Å². The highest BCUT2D eigenvalue weighted by molar-refractivity contribution is 6.05. The smallest absolute Gasteiger partial charge is 0.213 e. The predicted molar refractivity (Wildman–Crippen MR) is 101 cm³/mol. The molecule has 7 aliphatic rings. The highest BCUT2D eigenvalue weighted by Crippen LogP contribution is 2.78. The molecule has 5 nitrogen and oxygen atoms in total. The van der Waals surface area contributed by atoms with Gasteiger partial charge in [0.25, 0.3) is 0 Å². The highest BCUT2D eigenvalue weighted by atomic mass is 16.8. The van der Waals surface area contributed by atoms with Crippen LogP contribution in [-0.2, 0) is 19.0 Å². The number of ether oxygens (including phenoxy) is 3. The van der Waals surface area contributed by atoms with Gasteiger partial charge in [0, 0.05) is 17.3 Å². The molecule has 152 valence electrons. The van der Waals surface area contributed by atoms with E-state index in [1.807, 2.05) is 13.8 Å². The Kier molecular flexibility index (Phi) is 2.97. The molecule has 0 aromatic rings. The van der Waals surface area contributed by atoms with Gasteiger partial charge in [-0.1, -0.05) is 32.6 Å². The summed E-state index contributed by atoms with van der Waals surface area (Å²) in [6.07, 6.45) is 5.95. The molecule has 7 rings (SSSR count). The minimum absolute atomic E-state index is 0.00569. The van der Waals surface area contributed by atoms with Crippen LogP contribution in [0.15, 0.2) is 24.3 Å². The molecule has 3 aliphatic heterocycles. The monoisotopic (exact) mass is 386 g/mol. The first-order chi connectivity index (χ1) is 13.0. The zero-order valence-corrected chi connectivity index (χ0v) is 17.2. The van der Waals surface area contributed by atoms with E-state index in [9.17, 15) is 9.90 Å². The van der Waals surface area contributed by atoms with Crippen molar-refractivity contribution in [3.63, 3.8) is 0 Å². The molecule has 8 atom stereocenters. The van der Waals surface area contributed by atoms with E-state index in [4.69, 9.17) is 14.2 Å². The maximum absolute atomic E-state index is 13.9. The van der Waals surface area contributed by atoms with Crippen molar-refractivity contribution in [1.82, 2.24) is 0 Å². The molecule has 28 heavy (non-hydrogen) atoms. The number of hydrogen-bond acceptors (Lipinski definition) is 5. The number of rotatable bonds is 0. The molecule has 2 unspecified atom stereocenters. The van der Waals surface area contributed by atoms with Crippen molar-refractivity contribution in [3.8, 4) is 0 Å². The topological polar surface area (TPSA) is 65.0 Å². The third-order valence-electron chi connectivity index (χ3n) is 9.01. The second-order valence-corrected chi connectivity index (χ2v) is 11.1. The molecule has 0 aromatic carbocycles. The number of aliphatic hydroxyl groups excluding tert-OH is 1. The lowest BCUT2D eigenvalue weighted by Gasteiger charge is -2.76. The maximum Gasteiger partial charge on any atom is 0.213 e. The normalized spacial score (nSPS) is 57.1. The van der Waals surface area contributed by atoms with Crippen LogP contribution in [0.2, 0.25) is 0 Å². The summed E-state index contributed by atoms with van der Waals surface area (Å²) >= 11 is 0. The minimum Gasteiger partial charge on any atom is -0.387 e. The third kappa shape index (κ3) is 1.53. The lowest BCUT2D eigenvalue weighted by Crippen LogP contribution is -2.86. The molecule has 6 fully saturated rings. The molecule has 1 N–H and O–H groups in total. The van der Waals surface area contributed by atoms with Crippen molar-refractivity contribution in [3.05, 3.63) is 24.3 Å². The number of carbonyl (C=O) groups excluding carboxylic acids is 1. The fourth-order valence-corrected chi connectivity index (χ4v) is 8.39. The van der Waals surface area contributed by atoms with Gasteiger partial charge in [-0.25, -0.2) is 0 Å². The summed E-state index contributed by atoms with van der Waals surface area (Å²) in [5.74, 6) is -2.33. The number of carbonyl (C=O) groups is 1. The summed E-state index contributed by atoms with van der Waals surface area (Å²) in [7, 11) is 0. The molecule has 4 bridgehead atoms. The summed E-state index contributed by atoms with van der Waals surface area (Å²) in [5, 5.41) is 11.9. The van der Waals surface area contributed by atoms with E-state index in [-0.39, 0.29) is 40.5 Å². The zero-order chi connectivity index (χ0) is 19.9. The molecule has 3 spiro atoms. The summed E-state index contributed by atoms with van der Waals surface area (Å²) in [4.78, 5) is 13.9. The Morgan fingerprint density at radius 2 is 1.96 bits per heavy atom. The van der Waals surface area contributed by atoms with Gasteiger partial charge in [0.1, 0.15) is 11.5 Å². The van der Waals surface area contributed by atoms with Gasteiger partial charge in [0.2, 0.25) is 5.79 Å². The van der Waals surface area contributed by atoms with E-state index in [0.717, 1.165) is 19.3 Å². The molecule has 4 aliphatic carbocycles. The number of aliphatic hydroxyl groups is 1. The van der Waals surface area contributed by atoms with Gasteiger partial charge < -0.3 is 19.3 Å². The van der Waals surface area contributed by atoms with Crippen LogP contribution in [0, 0.1) is 34.0 Å². The predicted octanol–water partition coefficient (Wildman–Crippen LogP) is 2.98. The first-order valence-electron chi connectivity index (χ1n) is 10.6. The van der Waals surface area contributed by atoms with Gasteiger partial charge in [-0.05, 0) is 50.0 Å². The molecule has 3 heterocycles.